The SMILES string of the molecule is Cc1cn(-c2ccc(Nc3cccc4c3nc(-c3cc(C(F)(F)F)ccc3F)n4C)nc2CO)cn1. The number of hydrogen-bond acceptors (Lipinski definition) is 5. The summed E-state index contributed by atoms with van der Waals surface area (Å²) in [4.78, 5) is 13.2. The minimum Gasteiger partial charge on any atom is -0.390 e. The molecule has 0 atom stereocenters. The van der Waals surface area contributed by atoms with Gasteiger partial charge < -0.3 is 19.6 Å². The van der Waals surface area contributed by atoms with Gasteiger partial charge in [0.1, 0.15) is 23.0 Å². The molecule has 184 valence electrons. The van der Waals surface area contributed by atoms with Crippen molar-refractivity contribution in [3.8, 4) is 17.1 Å². The molecular formula is C25H20F4N6O. The maximum absolute atomic E-state index is 14.6. The number of pyridine rings is 1. The van der Waals surface area contributed by atoms with Crippen molar-refractivity contribution in [3.05, 3.63) is 83.8 Å². The largest absolute Gasteiger partial charge is 0.416 e. The van der Waals surface area contributed by atoms with Crippen molar-refractivity contribution in [2.45, 2.75) is 19.7 Å². The Morgan fingerprint density at radius 1 is 1.06 bits per heavy atom. The molecule has 5 aromatic rings. The summed E-state index contributed by atoms with van der Waals surface area (Å²) < 4.78 is 57.6. The van der Waals surface area contributed by atoms with Crippen LogP contribution in [0, 0.1) is 12.7 Å². The zero-order valence-electron chi connectivity index (χ0n) is 19.2. The maximum atomic E-state index is 14.6. The van der Waals surface area contributed by atoms with Crippen LogP contribution in [0.2, 0.25) is 0 Å². The molecule has 7 nitrogen and oxygen atoms in total. The summed E-state index contributed by atoms with van der Waals surface area (Å²) in [7, 11) is 1.61. The smallest absolute Gasteiger partial charge is 0.390 e. The zero-order valence-corrected chi connectivity index (χ0v) is 19.2. The first-order valence-electron chi connectivity index (χ1n) is 10.9. The normalized spacial score (nSPS) is 11.9. The molecule has 0 amide bonds. The lowest BCUT2D eigenvalue weighted by atomic mass is 10.1. The summed E-state index contributed by atoms with van der Waals surface area (Å²) in [5.74, 6) is -0.335. The molecule has 2 aromatic carbocycles. The van der Waals surface area contributed by atoms with Gasteiger partial charge in [0.15, 0.2) is 0 Å². The lowest BCUT2D eigenvalue weighted by Gasteiger charge is -2.11. The molecule has 5 rings (SSSR count). The number of nitrogens with zero attached hydrogens (tertiary/aromatic N) is 5. The van der Waals surface area contributed by atoms with Gasteiger partial charge in [-0.25, -0.2) is 19.3 Å². The summed E-state index contributed by atoms with van der Waals surface area (Å²) in [6, 6.07) is 11.0. The summed E-state index contributed by atoms with van der Waals surface area (Å²) in [5, 5.41) is 13.0. The molecule has 0 saturated heterocycles. The Hall–Kier alpha value is -4.25. The van der Waals surface area contributed by atoms with Crippen molar-refractivity contribution in [1.82, 2.24) is 24.1 Å². The Morgan fingerprint density at radius 2 is 1.86 bits per heavy atom. The second kappa shape index (κ2) is 8.76. The van der Waals surface area contributed by atoms with E-state index in [9.17, 15) is 22.7 Å². The second-order valence-electron chi connectivity index (χ2n) is 8.23. The van der Waals surface area contributed by atoms with E-state index in [4.69, 9.17) is 0 Å². The van der Waals surface area contributed by atoms with Crippen molar-refractivity contribution in [2.24, 2.45) is 7.05 Å². The lowest BCUT2D eigenvalue weighted by molar-refractivity contribution is -0.137. The number of fused-ring (bicyclic) bond motifs is 1. The number of aryl methyl sites for hydroxylation is 2. The van der Waals surface area contributed by atoms with Crippen molar-refractivity contribution >= 4 is 22.5 Å². The molecule has 0 aliphatic carbocycles. The average Bonchev–Trinajstić information content (AvgIpc) is 3.42. The molecule has 0 fully saturated rings. The number of hydrogen-bond donors (Lipinski definition) is 2. The van der Waals surface area contributed by atoms with Crippen molar-refractivity contribution in [3.63, 3.8) is 0 Å². The minimum atomic E-state index is -4.61. The van der Waals surface area contributed by atoms with Gasteiger partial charge in [-0.1, -0.05) is 6.07 Å². The highest BCUT2D eigenvalue weighted by molar-refractivity contribution is 5.92. The van der Waals surface area contributed by atoms with Gasteiger partial charge in [-0.05, 0) is 49.4 Å². The minimum absolute atomic E-state index is 0.0534. The summed E-state index contributed by atoms with van der Waals surface area (Å²) >= 11 is 0. The van der Waals surface area contributed by atoms with Crippen LogP contribution >= 0.6 is 0 Å². The fraction of sp³-hybridized carbons (Fsp3) is 0.160. The number of rotatable bonds is 5. The van der Waals surface area contributed by atoms with Crippen LogP contribution in [0.3, 0.4) is 0 Å². The Bertz CT molecular complexity index is 1590. The number of alkyl halides is 3. The number of para-hydroxylation sites is 1. The third kappa shape index (κ3) is 4.17. The maximum Gasteiger partial charge on any atom is 0.416 e. The number of aromatic nitrogens is 5. The van der Waals surface area contributed by atoms with Crippen LogP contribution in [-0.2, 0) is 19.8 Å². The van der Waals surface area contributed by atoms with E-state index in [0.29, 0.717) is 40.0 Å². The van der Waals surface area contributed by atoms with Gasteiger partial charge in [0.2, 0.25) is 0 Å². The molecule has 2 N–H and O–H groups in total. The van der Waals surface area contributed by atoms with Crippen LogP contribution in [0.4, 0.5) is 29.1 Å². The van der Waals surface area contributed by atoms with Gasteiger partial charge in [-0.2, -0.15) is 13.2 Å². The Kier molecular flexibility index (Phi) is 5.71. The molecule has 3 aromatic heterocycles. The molecule has 0 aliphatic heterocycles. The highest BCUT2D eigenvalue weighted by Gasteiger charge is 2.32. The Balaban J connectivity index is 1.55. The van der Waals surface area contributed by atoms with Crippen LogP contribution < -0.4 is 5.32 Å². The van der Waals surface area contributed by atoms with E-state index in [1.807, 2.05) is 13.1 Å². The fourth-order valence-electron chi connectivity index (χ4n) is 4.04. The van der Waals surface area contributed by atoms with Crippen LogP contribution in [0.1, 0.15) is 17.0 Å². The number of imidazole rings is 2. The van der Waals surface area contributed by atoms with Gasteiger partial charge in [-0.15, -0.1) is 0 Å². The Labute approximate surface area is 202 Å². The predicted molar refractivity (Wildman–Crippen MR) is 126 cm³/mol. The highest BCUT2D eigenvalue weighted by Crippen LogP contribution is 2.35. The number of halogens is 4. The summed E-state index contributed by atoms with van der Waals surface area (Å²) in [5.41, 5.74) is 2.21. The molecule has 0 bridgehead atoms. The van der Waals surface area contributed by atoms with E-state index in [2.05, 4.69) is 20.3 Å². The van der Waals surface area contributed by atoms with E-state index < -0.39 is 17.6 Å². The van der Waals surface area contributed by atoms with E-state index in [1.54, 1.807) is 48.3 Å². The van der Waals surface area contributed by atoms with E-state index >= 15 is 0 Å². The number of nitrogens with one attached hydrogen (secondary N) is 1. The molecule has 3 heterocycles. The van der Waals surface area contributed by atoms with Gasteiger partial charge >= 0.3 is 6.18 Å². The van der Waals surface area contributed by atoms with Crippen LogP contribution in [0.5, 0.6) is 0 Å². The molecule has 0 radical (unpaired) electrons. The van der Waals surface area contributed by atoms with Crippen molar-refractivity contribution < 1.29 is 22.7 Å². The van der Waals surface area contributed by atoms with Crippen LogP contribution in [0.15, 0.2) is 61.1 Å². The highest BCUT2D eigenvalue weighted by atomic mass is 19.4. The monoisotopic (exact) mass is 496 g/mol. The third-order valence-corrected chi connectivity index (χ3v) is 5.80. The summed E-state index contributed by atoms with van der Waals surface area (Å²) in [6.45, 7) is 1.54. The number of benzene rings is 2. The lowest BCUT2D eigenvalue weighted by Crippen LogP contribution is -2.06. The number of anilines is 2. The molecule has 36 heavy (non-hydrogen) atoms. The molecule has 0 saturated carbocycles. The average molecular weight is 496 g/mol. The fourth-order valence-corrected chi connectivity index (χ4v) is 4.04. The molecule has 11 heteroatoms. The Morgan fingerprint density at radius 3 is 2.56 bits per heavy atom. The van der Waals surface area contributed by atoms with Gasteiger partial charge in [0.05, 0.1) is 52.3 Å². The third-order valence-electron chi connectivity index (χ3n) is 5.80. The number of aliphatic hydroxyl groups is 1. The zero-order chi connectivity index (χ0) is 25.6. The van der Waals surface area contributed by atoms with Crippen molar-refractivity contribution in [2.75, 3.05) is 5.32 Å². The topological polar surface area (TPSA) is 80.8 Å². The first-order chi connectivity index (χ1) is 17.2. The molecule has 0 spiro atoms. The first kappa shape index (κ1) is 23.5. The quantitative estimate of drug-likeness (QED) is 0.313. The van der Waals surface area contributed by atoms with Crippen LogP contribution in [0.25, 0.3) is 28.1 Å². The second-order valence-corrected chi connectivity index (χ2v) is 8.23. The first-order valence-corrected chi connectivity index (χ1v) is 10.9. The molecule has 0 aliphatic rings. The number of aliphatic hydroxyl groups excluding tert-OH is 1. The van der Waals surface area contributed by atoms with E-state index in [-0.39, 0.29) is 18.0 Å². The predicted octanol–water partition coefficient (Wildman–Crippen LogP) is 5.52. The van der Waals surface area contributed by atoms with E-state index in [1.165, 1.54) is 4.57 Å². The summed E-state index contributed by atoms with van der Waals surface area (Å²) in [6.07, 6.45) is -1.18. The van der Waals surface area contributed by atoms with Gasteiger partial charge in [0.25, 0.3) is 0 Å². The molecular weight excluding hydrogens is 476 g/mol. The standard InChI is InChI=1S/C25H20F4N6O/c1-14-11-35(13-30-14)20-8-9-22(32-19(20)12-36)31-18-4-3-5-21-23(18)33-24(34(21)2)16-10-15(25(27,28)29)6-7-17(16)26/h3-11,13,36H,12H2,1-2H3,(H,31,32). The van der Waals surface area contributed by atoms with Gasteiger partial charge in [0, 0.05) is 13.2 Å². The van der Waals surface area contributed by atoms with Crippen molar-refractivity contribution in [1.29, 1.82) is 0 Å². The molecule has 0 unspecified atom stereocenters. The van der Waals surface area contributed by atoms with Gasteiger partial charge in [-0.3, -0.25) is 0 Å². The van der Waals surface area contributed by atoms with Crippen LogP contribution in [-0.4, -0.2) is 29.2 Å². The van der Waals surface area contributed by atoms with E-state index in [0.717, 1.165) is 17.8 Å².